The Morgan fingerprint density at radius 1 is 1.58 bits per heavy atom. The van der Waals surface area contributed by atoms with E-state index < -0.39 is 0 Å². The lowest BCUT2D eigenvalue weighted by Gasteiger charge is -2.27. The van der Waals surface area contributed by atoms with Crippen molar-refractivity contribution in [1.82, 2.24) is 5.32 Å². The fraction of sp³-hybridized carbons (Fsp3) is 0.643. The Bertz CT molecular complexity index is 441. The van der Waals surface area contributed by atoms with Crippen molar-refractivity contribution in [1.29, 1.82) is 0 Å². The molecule has 2 heterocycles. The van der Waals surface area contributed by atoms with Crippen LogP contribution in [-0.2, 0) is 16.0 Å². The number of hydrogen-bond acceptors (Lipinski definition) is 5. The Kier molecular flexibility index (Phi) is 4.61. The third-order valence-electron chi connectivity index (χ3n) is 3.42. The monoisotopic (exact) mass is 267 g/mol. The molecule has 1 aromatic heterocycles. The van der Waals surface area contributed by atoms with Crippen LogP contribution in [0.4, 0.5) is 0 Å². The second kappa shape index (κ2) is 6.21. The summed E-state index contributed by atoms with van der Waals surface area (Å²) in [6, 6.07) is 2.19. The number of furan rings is 1. The summed E-state index contributed by atoms with van der Waals surface area (Å²) in [6.45, 7) is 5.27. The van der Waals surface area contributed by atoms with E-state index in [1.54, 1.807) is 13.0 Å². The highest BCUT2D eigenvalue weighted by atomic mass is 16.5. The molecular formula is C14H21NO4. The lowest BCUT2D eigenvalue weighted by atomic mass is 10.0. The Hall–Kier alpha value is -1.33. The SMILES string of the molecule is COC(=O)c1cc(CNC2CCOC(C)C2)oc1C. The molecule has 1 N–H and O–H groups in total. The number of carbonyl (C=O) groups excluding carboxylic acids is 1. The first-order valence-corrected chi connectivity index (χ1v) is 6.62. The Labute approximate surface area is 113 Å². The molecule has 0 bridgehead atoms. The molecule has 1 fully saturated rings. The van der Waals surface area contributed by atoms with Gasteiger partial charge in [0.05, 0.1) is 19.8 Å². The van der Waals surface area contributed by atoms with Gasteiger partial charge in [0.2, 0.25) is 0 Å². The highest BCUT2D eigenvalue weighted by Crippen LogP contribution is 2.17. The zero-order chi connectivity index (χ0) is 13.8. The third kappa shape index (κ3) is 3.58. The van der Waals surface area contributed by atoms with Gasteiger partial charge in [0, 0.05) is 12.6 Å². The first-order chi connectivity index (χ1) is 9.10. The number of methoxy groups -OCH3 is 1. The summed E-state index contributed by atoms with van der Waals surface area (Å²) in [6.07, 6.45) is 2.31. The van der Waals surface area contributed by atoms with E-state index in [0.717, 1.165) is 25.2 Å². The van der Waals surface area contributed by atoms with Crippen molar-refractivity contribution in [2.75, 3.05) is 13.7 Å². The maximum atomic E-state index is 11.5. The minimum absolute atomic E-state index is 0.301. The van der Waals surface area contributed by atoms with Crippen LogP contribution in [0.1, 0.15) is 41.6 Å². The Morgan fingerprint density at radius 2 is 2.37 bits per heavy atom. The van der Waals surface area contributed by atoms with Crippen molar-refractivity contribution in [2.45, 2.75) is 45.4 Å². The zero-order valence-electron chi connectivity index (χ0n) is 11.7. The van der Waals surface area contributed by atoms with Crippen molar-refractivity contribution < 1.29 is 18.7 Å². The second-order valence-electron chi connectivity index (χ2n) is 4.96. The number of carbonyl (C=O) groups is 1. The largest absolute Gasteiger partial charge is 0.465 e. The average Bonchev–Trinajstić information content (AvgIpc) is 2.77. The molecule has 0 aromatic carbocycles. The molecular weight excluding hydrogens is 246 g/mol. The first kappa shape index (κ1) is 14.1. The minimum atomic E-state index is -0.354. The average molecular weight is 267 g/mol. The molecule has 0 radical (unpaired) electrons. The number of nitrogens with one attached hydrogen (secondary N) is 1. The predicted molar refractivity (Wildman–Crippen MR) is 70.1 cm³/mol. The van der Waals surface area contributed by atoms with Gasteiger partial charge in [-0.25, -0.2) is 4.79 Å². The van der Waals surface area contributed by atoms with E-state index in [4.69, 9.17) is 13.9 Å². The summed E-state index contributed by atoms with van der Waals surface area (Å²) >= 11 is 0. The molecule has 0 spiro atoms. The summed E-state index contributed by atoms with van der Waals surface area (Å²) in [4.78, 5) is 11.5. The molecule has 19 heavy (non-hydrogen) atoms. The van der Waals surface area contributed by atoms with Gasteiger partial charge in [-0.3, -0.25) is 0 Å². The topological polar surface area (TPSA) is 60.7 Å². The van der Waals surface area contributed by atoms with Gasteiger partial charge >= 0.3 is 5.97 Å². The van der Waals surface area contributed by atoms with Gasteiger partial charge in [-0.15, -0.1) is 0 Å². The van der Waals surface area contributed by atoms with Gasteiger partial charge in [-0.2, -0.15) is 0 Å². The summed E-state index contributed by atoms with van der Waals surface area (Å²) in [7, 11) is 1.37. The standard InChI is InChI=1S/C14H21NO4/c1-9-6-11(4-5-18-9)15-8-12-7-13(10(2)19-12)14(16)17-3/h7,9,11,15H,4-6,8H2,1-3H3. The number of hydrogen-bond donors (Lipinski definition) is 1. The van der Waals surface area contributed by atoms with Crippen molar-refractivity contribution >= 4 is 5.97 Å². The van der Waals surface area contributed by atoms with Crippen molar-refractivity contribution in [3.8, 4) is 0 Å². The number of aryl methyl sites for hydroxylation is 1. The highest BCUT2D eigenvalue weighted by molar-refractivity contribution is 5.90. The van der Waals surface area contributed by atoms with E-state index in [1.165, 1.54) is 7.11 Å². The fourth-order valence-corrected chi connectivity index (χ4v) is 2.37. The summed E-state index contributed by atoms with van der Waals surface area (Å²) in [5.41, 5.74) is 0.500. The van der Waals surface area contributed by atoms with Gasteiger partial charge < -0.3 is 19.2 Å². The second-order valence-corrected chi connectivity index (χ2v) is 4.96. The molecule has 1 saturated heterocycles. The quantitative estimate of drug-likeness (QED) is 0.846. The molecule has 2 unspecified atom stereocenters. The molecule has 2 atom stereocenters. The van der Waals surface area contributed by atoms with Gasteiger partial charge in [0.15, 0.2) is 0 Å². The van der Waals surface area contributed by atoms with E-state index in [0.29, 0.717) is 30.0 Å². The van der Waals surface area contributed by atoms with Crippen LogP contribution < -0.4 is 5.32 Å². The fourth-order valence-electron chi connectivity index (χ4n) is 2.37. The zero-order valence-corrected chi connectivity index (χ0v) is 11.7. The molecule has 1 aliphatic heterocycles. The van der Waals surface area contributed by atoms with E-state index >= 15 is 0 Å². The normalized spacial score (nSPS) is 23.3. The van der Waals surface area contributed by atoms with Crippen LogP contribution in [0.15, 0.2) is 10.5 Å². The van der Waals surface area contributed by atoms with Crippen LogP contribution in [-0.4, -0.2) is 31.8 Å². The molecule has 2 rings (SSSR count). The maximum absolute atomic E-state index is 11.5. The first-order valence-electron chi connectivity index (χ1n) is 6.62. The Morgan fingerprint density at radius 3 is 3.05 bits per heavy atom. The minimum Gasteiger partial charge on any atom is -0.465 e. The van der Waals surface area contributed by atoms with Crippen LogP contribution in [0.2, 0.25) is 0 Å². The van der Waals surface area contributed by atoms with Gasteiger partial charge in [0.1, 0.15) is 17.1 Å². The number of ether oxygens (including phenoxy) is 2. The van der Waals surface area contributed by atoms with Crippen LogP contribution in [0, 0.1) is 6.92 Å². The van der Waals surface area contributed by atoms with E-state index in [9.17, 15) is 4.79 Å². The lowest BCUT2D eigenvalue weighted by molar-refractivity contribution is 0.0127. The van der Waals surface area contributed by atoms with Gasteiger partial charge in [-0.1, -0.05) is 0 Å². The molecule has 1 aromatic rings. The third-order valence-corrected chi connectivity index (χ3v) is 3.42. The van der Waals surface area contributed by atoms with Crippen LogP contribution in [0.25, 0.3) is 0 Å². The van der Waals surface area contributed by atoms with Crippen molar-refractivity contribution in [3.05, 3.63) is 23.2 Å². The van der Waals surface area contributed by atoms with Crippen LogP contribution >= 0.6 is 0 Å². The van der Waals surface area contributed by atoms with Gasteiger partial charge in [-0.05, 0) is 32.8 Å². The maximum Gasteiger partial charge on any atom is 0.341 e. The molecule has 5 heteroatoms. The lowest BCUT2D eigenvalue weighted by Crippen LogP contribution is -2.37. The summed E-state index contributed by atoms with van der Waals surface area (Å²) in [5.74, 6) is 1.01. The summed E-state index contributed by atoms with van der Waals surface area (Å²) in [5, 5.41) is 3.44. The number of esters is 1. The van der Waals surface area contributed by atoms with E-state index in [2.05, 4.69) is 12.2 Å². The van der Waals surface area contributed by atoms with Gasteiger partial charge in [0.25, 0.3) is 0 Å². The Balaban J connectivity index is 1.91. The number of rotatable bonds is 4. The van der Waals surface area contributed by atoms with Crippen LogP contribution in [0.5, 0.6) is 0 Å². The highest BCUT2D eigenvalue weighted by Gasteiger charge is 2.20. The van der Waals surface area contributed by atoms with E-state index in [1.807, 2.05) is 0 Å². The molecule has 0 amide bonds. The summed E-state index contributed by atoms with van der Waals surface area (Å²) < 4.78 is 15.8. The van der Waals surface area contributed by atoms with E-state index in [-0.39, 0.29) is 5.97 Å². The van der Waals surface area contributed by atoms with Crippen molar-refractivity contribution in [3.63, 3.8) is 0 Å². The van der Waals surface area contributed by atoms with Crippen molar-refractivity contribution in [2.24, 2.45) is 0 Å². The molecule has 1 aliphatic rings. The smallest absolute Gasteiger partial charge is 0.341 e. The predicted octanol–water partition coefficient (Wildman–Crippen LogP) is 2.03. The molecule has 0 aliphatic carbocycles. The molecule has 106 valence electrons. The van der Waals surface area contributed by atoms with Crippen LogP contribution in [0.3, 0.4) is 0 Å². The molecule has 0 saturated carbocycles. The molecule has 5 nitrogen and oxygen atoms in total.